The quantitative estimate of drug-likeness (QED) is 0.0740. The van der Waals surface area contributed by atoms with Gasteiger partial charge in [0.2, 0.25) is 0 Å². The normalized spacial score (nSPS) is 15.1. The van der Waals surface area contributed by atoms with E-state index < -0.39 is 22.7 Å². The van der Waals surface area contributed by atoms with Crippen LogP contribution in [0.2, 0.25) is 36.3 Å². The third kappa shape index (κ3) is 13.3. The smallest absolute Gasteiger partial charge is 0.407 e. The molecule has 0 heterocycles. The van der Waals surface area contributed by atoms with E-state index in [0.29, 0.717) is 6.61 Å². The average Bonchev–Trinajstić information content (AvgIpc) is 3.39. The van der Waals surface area contributed by atoms with Crippen molar-refractivity contribution in [1.29, 1.82) is 0 Å². The van der Waals surface area contributed by atoms with E-state index in [9.17, 15) is 4.79 Å². The number of carbonyl (C=O) groups is 1. The van der Waals surface area contributed by atoms with Gasteiger partial charge in [0.15, 0.2) is 16.6 Å². The summed E-state index contributed by atoms with van der Waals surface area (Å²) in [4.78, 5) is 13.8. The highest BCUT2D eigenvalue weighted by Gasteiger charge is 2.42. The Hall–Kier alpha value is -2.20. The maximum absolute atomic E-state index is 13.8. The van der Waals surface area contributed by atoms with E-state index in [1.807, 2.05) is 0 Å². The Balaban J connectivity index is 1.71. The molecule has 0 unspecified atom stereocenters. The number of carbonyl (C=O) groups excluding carboxylic acids is 1. The molecule has 0 spiro atoms. The number of hydrogen-bond donors (Lipinski definition) is 1. The van der Waals surface area contributed by atoms with Crippen LogP contribution in [-0.4, -0.2) is 48.1 Å². The van der Waals surface area contributed by atoms with Crippen LogP contribution in [0.25, 0.3) is 11.1 Å². The highest BCUT2D eigenvalue weighted by molar-refractivity contribution is 6.74. The van der Waals surface area contributed by atoms with Crippen molar-refractivity contribution >= 4 is 22.7 Å². The topological polar surface area (TPSA) is 56.8 Å². The number of unbranched alkanes of at least 4 members (excludes halogenated alkanes) is 11. The van der Waals surface area contributed by atoms with Crippen LogP contribution >= 0.6 is 0 Å². The zero-order valence-corrected chi connectivity index (χ0v) is 37.0. The molecule has 0 aromatic heterocycles. The van der Waals surface area contributed by atoms with E-state index in [1.54, 1.807) is 0 Å². The van der Waals surface area contributed by atoms with Crippen LogP contribution in [0.1, 0.15) is 143 Å². The van der Waals surface area contributed by atoms with Gasteiger partial charge < -0.3 is 18.9 Å². The lowest BCUT2D eigenvalue weighted by Gasteiger charge is -2.42. The van der Waals surface area contributed by atoms with Crippen molar-refractivity contribution in [3.8, 4) is 11.1 Å². The van der Waals surface area contributed by atoms with Crippen molar-refractivity contribution in [2.45, 2.75) is 180 Å². The second-order valence-corrected chi connectivity index (χ2v) is 27.8. The number of alkyl carbamates (subject to hydrolysis) is 1. The molecule has 7 heteroatoms. The van der Waals surface area contributed by atoms with Crippen LogP contribution in [0.3, 0.4) is 0 Å². The fraction of sp³-hybridized carbons (Fsp3) is 0.667. The molecule has 2 aromatic rings. The number of amides is 1. The van der Waals surface area contributed by atoms with Gasteiger partial charge in [0.1, 0.15) is 6.61 Å². The SMILES string of the molecule is CCCCCCCCCCCCCC=C[C@H](O[Si](C)(C)C(C)(C)C)[C@@H](CO[Si](C)(C)C(C)(C)C)NC(=O)OCC1c2ccccc2-c2ccccc21. The summed E-state index contributed by atoms with van der Waals surface area (Å²) < 4.78 is 20.0. The third-order valence-electron chi connectivity index (χ3n) is 12.0. The van der Waals surface area contributed by atoms with Crippen molar-refractivity contribution < 1.29 is 18.4 Å². The molecule has 1 amide bonds. The number of ether oxygens (including phenoxy) is 1. The van der Waals surface area contributed by atoms with Crippen LogP contribution in [0.4, 0.5) is 4.79 Å². The van der Waals surface area contributed by atoms with Gasteiger partial charge in [0.25, 0.3) is 0 Å². The Morgan fingerprint density at radius 2 is 1.21 bits per heavy atom. The number of allylic oxidation sites excluding steroid dienone is 1. The minimum Gasteiger partial charge on any atom is -0.449 e. The monoisotopic (exact) mass is 750 g/mol. The van der Waals surface area contributed by atoms with Gasteiger partial charge in [-0.1, -0.05) is 173 Å². The minimum absolute atomic E-state index is 0.00468. The maximum atomic E-state index is 13.8. The zero-order valence-electron chi connectivity index (χ0n) is 35.0. The zero-order chi connectivity index (χ0) is 38.4. The van der Waals surface area contributed by atoms with E-state index in [0.717, 1.165) is 6.42 Å². The lowest BCUT2D eigenvalue weighted by atomic mass is 9.98. The van der Waals surface area contributed by atoms with Crippen LogP contribution in [0.15, 0.2) is 60.7 Å². The van der Waals surface area contributed by atoms with Crippen molar-refractivity contribution in [3.63, 3.8) is 0 Å². The standard InChI is InChI=1S/C45H75NO4Si2/c1-12-13-14-15-16-17-18-19-20-21-22-23-24-33-42(50-52(10,11)45(5,6)7)41(35-49-51(8,9)44(2,3)4)46-43(47)48-34-40-38-31-27-25-29-36(38)37-30-26-28-32-39(37)40/h24-33,40-42H,12-23,34-35H2,1-11H3,(H,46,47)/t41-,42+/m1/s1. The van der Waals surface area contributed by atoms with Gasteiger partial charge in [-0.3, -0.25) is 0 Å². The summed E-state index contributed by atoms with van der Waals surface area (Å²) in [6.07, 6.45) is 19.5. The van der Waals surface area contributed by atoms with Crippen LogP contribution in [0, 0.1) is 0 Å². The van der Waals surface area contributed by atoms with Gasteiger partial charge in [-0.15, -0.1) is 0 Å². The third-order valence-corrected chi connectivity index (χ3v) is 21.0. The fourth-order valence-electron chi connectivity index (χ4n) is 6.45. The lowest BCUT2D eigenvalue weighted by molar-refractivity contribution is 0.104. The number of hydrogen-bond acceptors (Lipinski definition) is 4. The second-order valence-electron chi connectivity index (χ2n) is 18.2. The van der Waals surface area contributed by atoms with E-state index >= 15 is 0 Å². The van der Waals surface area contributed by atoms with Crippen LogP contribution in [-0.2, 0) is 13.6 Å². The number of rotatable bonds is 22. The molecular formula is C45H75NO4Si2. The molecule has 0 saturated carbocycles. The van der Waals surface area contributed by atoms with Crippen molar-refractivity contribution in [3.05, 3.63) is 71.8 Å². The van der Waals surface area contributed by atoms with Gasteiger partial charge in [-0.2, -0.15) is 0 Å². The molecule has 0 fully saturated rings. The van der Waals surface area contributed by atoms with Crippen molar-refractivity contribution in [2.24, 2.45) is 0 Å². The lowest BCUT2D eigenvalue weighted by Crippen LogP contribution is -2.54. The van der Waals surface area contributed by atoms with Gasteiger partial charge in [-0.05, 0) is 71.4 Å². The maximum Gasteiger partial charge on any atom is 0.407 e. The Bertz CT molecular complexity index is 1340. The molecule has 3 rings (SSSR count). The molecule has 0 aliphatic heterocycles. The summed E-state index contributed by atoms with van der Waals surface area (Å²) in [6.45, 7) is 25.6. The largest absolute Gasteiger partial charge is 0.449 e. The number of nitrogens with one attached hydrogen (secondary N) is 1. The van der Waals surface area contributed by atoms with Crippen LogP contribution in [0.5, 0.6) is 0 Å². The molecule has 0 radical (unpaired) electrons. The summed E-state index contributed by atoms with van der Waals surface area (Å²) in [6, 6.07) is 16.5. The fourth-order valence-corrected chi connectivity index (χ4v) is 8.76. The molecular weight excluding hydrogens is 675 g/mol. The second kappa shape index (κ2) is 20.5. The predicted octanol–water partition coefficient (Wildman–Crippen LogP) is 13.6. The molecule has 1 aliphatic carbocycles. The van der Waals surface area contributed by atoms with E-state index in [-0.39, 0.29) is 34.7 Å². The van der Waals surface area contributed by atoms with Crippen molar-refractivity contribution in [2.75, 3.05) is 13.2 Å². The molecule has 5 nitrogen and oxygen atoms in total. The van der Waals surface area contributed by atoms with Crippen molar-refractivity contribution in [1.82, 2.24) is 5.32 Å². The van der Waals surface area contributed by atoms with Crippen LogP contribution < -0.4 is 5.32 Å². The van der Waals surface area contributed by atoms with E-state index in [1.165, 1.54) is 92.9 Å². The molecule has 52 heavy (non-hydrogen) atoms. The molecule has 1 N–H and O–H groups in total. The summed E-state index contributed by atoms with van der Waals surface area (Å²) in [5, 5.41) is 3.33. The minimum atomic E-state index is -2.21. The average molecular weight is 750 g/mol. The molecule has 2 atom stereocenters. The number of benzene rings is 2. The first-order valence-corrected chi connectivity index (χ1v) is 26.4. The van der Waals surface area contributed by atoms with E-state index in [4.69, 9.17) is 13.6 Å². The Kier molecular flexibility index (Phi) is 17.4. The number of fused-ring (bicyclic) bond motifs is 3. The molecule has 0 bridgehead atoms. The summed E-state index contributed by atoms with van der Waals surface area (Å²) in [7, 11) is -4.32. The van der Waals surface area contributed by atoms with Gasteiger partial charge in [0.05, 0.1) is 18.8 Å². The Morgan fingerprint density at radius 1 is 0.731 bits per heavy atom. The van der Waals surface area contributed by atoms with E-state index in [2.05, 4.69) is 141 Å². The van der Waals surface area contributed by atoms with Gasteiger partial charge in [-0.25, -0.2) is 4.79 Å². The first-order chi connectivity index (χ1) is 24.5. The molecule has 0 saturated heterocycles. The highest BCUT2D eigenvalue weighted by atomic mass is 28.4. The Labute approximate surface area is 321 Å². The van der Waals surface area contributed by atoms with Gasteiger partial charge >= 0.3 is 6.09 Å². The summed E-state index contributed by atoms with van der Waals surface area (Å²) in [5.74, 6) is 0.00468. The predicted molar refractivity (Wildman–Crippen MR) is 227 cm³/mol. The highest BCUT2D eigenvalue weighted by Crippen LogP contribution is 2.44. The molecule has 2 aromatic carbocycles. The van der Waals surface area contributed by atoms with Gasteiger partial charge in [0, 0.05) is 5.92 Å². The molecule has 292 valence electrons. The first kappa shape index (κ1) is 44.2. The Morgan fingerprint density at radius 3 is 1.71 bits per heavy atom. The molecule has 1 aliphatic rings. The summed E-state index contributed by atoms with van der Waals surface area (Å²) >= 11 is 0. The summed E-state index contributed by atoms with van der Waals surface area (Å²) in [5.41, 5.74) is 4.86. The first-order valence-electron chi connectivity index (χ1n) is 20.6.